The molecule has 0 aromatic heterocycles. The first kappa shape index (κ1) is 17.7. The zero-order chi connectivity index (χ0) is 18.4. The van der Waals surface area contributed by atoms with Crippen molar-refractivity contribution in [3.63, 3.8) is 0 Å². The highest BCUT2D eigenvalue weighted by molar-refractivity contribution is 5.73. The molecule has 1 atom stereocenters. The monoisotopic (exact) mass is 346 g/mol. The van der Waals surface area contributed by atoms with Crippen molar-refractivity contribution < 1.29 is 14.6 Å². The molecule has 0 spiro atoms. The summed E-state index contributed by atoms with van der Waals surface area (Å²) in [5, 5.41) is 9.50. The third-order valence-corrected chi connectivity index (χ3v) is 4.37. The summed E-state index contributed by atoms with van der Waals surface area (Å²) in [6.45, 7) is 2.09. The van der Waals surface area contributed by atoms with E-state index < -0.39 is 12.1 Å². The Morgan fingerprint density at radius 2 is 1.42 bits per heavy atom. The molecule has 0 aliphatic rings. The van der Waals surface area contributed by atoms with Crippen LogP contribution in [0, 0.1) is 0 Å². The molecule has 26 heavy (non-hydrogen) atoms. The highest BCUT2D eigenvalue weighted by Crippen LogP contribution is 2.23. The van der Waals surface area contributed by atoms with E-state index in [1.54, 1.807) is 0 Å². The van der Waals surface area contributed by atoms with Gasteiger partial charge in [0, 0.05) is 6.42 Å². The van der Waals surface area contributed by atoms with E-state index in [0.29, 0.717) is 12.2 Å². The number of aliphatic carboxylic acids is 1. The number of carboxylic acids is 1. The minimum atomic E-state index is -0.961. The average molecular weight is 346 g/mol. The Balaban J connectivity index is 1.70. The highest BCUT2D eigenvalue weighted by atomic mass is 16.5. The van der Waals surface area contributed by atoms with Crippen LogP contribution in [-0.4, -0.2) is 17.2 Å². The van der Waals surface area contributed by atoms with Crippen LogP contribution in [0.25, 0.3) is 11.1 Å². The second kappa shape index (κ2) is 8.34. The summed E-state index contributed by atoms with van der Waals surface area (Å²) in [6.07, 6.45) is 0.386. The Morgan fingerprint density at radius 1 is 0.846 bits per heavy atom. The van der Waals surface area contributed by atoms with Crippen LogP contribution in [0.3, 0.4) is 0 Å². The molecule has 3 aromatic carbocycles. The number of carbonyl (C=O) groups is 1. The number of hydrogen-bond donors (Lipinski definition) is 1. The Kier molecular flexibility index (Phi) is 5.69. The number of benzene rings is 3. The highest BCUT2D eigenvalue weighted by Gasteiger charge is 2.20. The van der Waals surface area contributed by atoms with Gasteiger partial charge in [-0.05, 0) is 40.8 Å². The molecule has 0 saturated heterocycles. The second-order valence-electron chi connectivity index (χ2n) is 6.21. The van der Waals surface area contributed by atoms with Crippen LogP contribution in [-0.2, 0) is 17.6 Å². The smallest absolute Gasteiger partial charge is 0.345 e. The summed E-state index contributed by atoms with van der Waals surface area (Å²) >= 11 is 0. The molecule has 3 aromatic rings. The van der Waals surface area contributed by atoms with E-state index in [-0.39, 0.29) is 0 Å². The van der Waals surface area contributed by atoms with Crippen molar-refractivity contribution in [1.82, 2.24) is 0 Å². The summed E-state index contributed by atoms with van der Waals surface area (Å²) in [4.78, 5) is 11.6. The number of rotatable bonds is 7. The van der Waals surface area contributed by atoms with E-state index in [0.717, 1.165) is 23.1 Å². The molecule has 3 rings (SSSR count). The summed E-state index contributed by atoms with van der Waals surface area (Å²) in [7, 11) is 0. The van der Waals surface area contributed by atoms with Crippen molar-refractivity contribution in [3.05, 3.63) is 90.0 Å². The quantitative estimate of drug-likeness (QED) is 0.655. The van der Waals surface area contributed by atoms with Gasteiger partial charge in [-0.1, -0.05) is 73.7 Å². The Labute approximate surface area is 153 Å². The molecular formula is C23H22O3. The number of aryl methyl sites for hydroxylation is 1. The summed E-state index contributed by atoms with van der Waals surface area (Å²) in [5.74, 6) is -0.404. The Hall–Kier alpha value is -3.07. The zero-order valence-electron chi connectivity index (χ0n) is 14.8. The predicted molar refractivity (Wildman–Crippen MR) is 103 cm³/mol. The molecule has 0 radical (unpaired) electrons. The van der Waals surface area contributed by atoms with Gasteiger partial charge in [-0.3, -0.25) is 0 Å². The average Bonchev–Trinajstić information content (AvgIpc) is 2.69. The first-order valence-electron chi connectivity index (χ1n) is 8.78. The zero-order valence-corrected chi connectivity index (χ0v) is 14.8. The molecule has 0 bridgehead atoms. The molecule has 132 valence electrons. The van der Waals surface area contributed by atoms with E-state index in [1.807, 2.05) is 78.9 Å². The van der Waals surface area contributed by atoms with Gasteiger partial charge in [0.25, 0.3) is 0 Å². The van der Waals surface area contributed by atoms with Crippen LogP contribution in [0.4, 0.5) is 0 Å². The van der Waals surface area contributed by atoms with Crippen LogP contribution in [0.5, 0.6) is 5.75 Å². The van der Waals surface area contributed by atoms with Crippen molar-refractivity contribution >= 4 is 5.97 Å². The molecule has 0 amide bonds. The summed E-state index contributed by atoms with van der Waals surface area (Å²) in [5.41, 5.74) is 4.37. The van der Waals surface area contributed by atoms with Gasteiger partial charge in [0.1, 0.15) is 5.75 Å². The molecular weight excluding hydrogens is 324 g/mol. The van der Waals surface area contributed by atoms with Gasteiger partial charge in [-0.25, -0.2) is 4.79 Å². The van der Waals surface area contributed by atoms with Crippen LogP contribution in [0.15, 0.2) is 78.9 Å². The molecule has 3 nitrogen and oxygen atoms in total. The number of hydrogen-bond acceptors (Lipinski definition) is 2. The SMILES string of the molecule is CCc1ccc(C[C@@H](Oc2ccc(-c3ccccc3)cc2)C(=O)O)cc1. The van der Waals surface area contributed by atoms with Gasteiger partial charge in [0.05, 0.1) is 0 Å². The molecule has 0 fully saturated rings. The van der Waals surface area contributed by atoms with Crippen LogP contribution in [0.2, 0.25) is 0 Å². The first-order valence-corrected chi connectivity index (χ1v) is 8.78. The maximum atomic E-state index is 11.6. The molecule has 0 aliphatic heterocycles. The molecule has 1 N–H and O–H groups in total. The largest absolute Gasteiger partial charge is 0.478 e. The van der Waals surface area contributed by atoms with Gasteiger partial charge in [0.2, 0.25) is 0 Å². The Bertz CT molecular complexity index is 837. The molecule has 0 saturated carbocycles. The van der Waals surface area contributed by atoms with E-state index in [4.69, 9.17) is 4.74 Å². The van der Waals surface area contributed by atoms with Gasteiger partial charge in [0.15, 0.2) is 6.10 Å². The summed E-state index contributed by atoms with van der Waals surface area (Å²) in [6, 6.07) is 25.6. The molecule has 0 unspecified atom stereocenters. The third-order valence-electron chi connectivity index (χ3n) is 4.37. The van der Waals surface area contributed by atoms with Crippen LogP contribution in [0.1, 0.15) is 18.1 Å². The molecule has 3 heteroatoms. The number of carboxylic acid groups (broad SMARTS) is 1. The lowest BCUT2D eigenvalue weighted by atomic mass is 10.0. The lowest BCUT2D eigenvalue weighted by Gasteiger charge is -2.16. The summed E-state index contributed by atoms with van der Waals surface area (Å²) < 4.78 is 5.73. The minimum Gasteiger partial charge on any atom is -0.478 e. The Morgan fingerprint density at radius 3 is 2.00 bits per heavy atom. The fourth-order valence-electron chi connectivity index (χ4n) is 2.83. The second-order valence-corrected chi connectivity index (χ2v) is 6.21. The van der Waals surface area contributed by atoms with E-state index in [9.17, 15) is 9.90 Å². The lowest BCUT2D eigenvalue weighted by molar-refractivity contribution is -0.145. The van der Waals surface area contributed by atoms with E-state index >= 15 is 0 Å². The van der Waals surface area contributed by atoms with Crippen molar-refractivity contribution in [1.29, 1.82) is 0 Å². The van der Waals surface area contributed by atoms with Crippen LogP contribution < -0.4 is 4.74 Å². The van der Waals surface area contributed by atoms with Crippen molar-refractivity contribution in [3.8, 4) is 16.9 Å². The topological polar surface area (TPSA) is 46.5 Å². The normalized spacial score (nSPS) is 11.7. The van der Waals surface area contributed by atoms with Crippen molar-refractivity contribution in [2.24, 2.45) is 0 Å². The van der Waals surface area contributed by atoms with Gasteiger partial charge >= 0.3 is 5.97 Å². The minimum absolute atomic E-state index is 0.333. The van der Waals surface area contributed by atoms with Crippen molar-refractivity contribution in [2.45, 2.75) is 25.9 Å². The standard InChI is InChI=1S/C23H22O3/c1-2-17-8-10-18(11-9-17)16-22(23(24)25)26-21-14-12-20(13-15-21)19-6-4-3-5-7-19/h3-15,22H,2,16H2,1H3,(H,24,25)/t22-/m1/s1. The fraction of sp³-hybridized carbons (Fsp3) is 0.174. The van der Waals surface area contributed by atoms with Gasteiger partial charge < -0.3 is 9.84 Å². The van der Waals surface area contributed by atoms with Gasteiger partial charge in [-0.2, -0.15) is 0 Å². The van der Waals surface area contributed by atoms with Crippen LogP contribution >= 0.6 is 0 Å². The fourth-order valence-corrected chi connectivity index (χ4v) is 2.83. The van der Waals surface area contributed by atoms with Crippen molar-refractivity contribution in [2.75, 3.05) is 0 Å². The third kappa shape index (κ3) is 4.51. The maximum absolute atomic E-state index is 11.6. The number of ether oxygens (including phenoxy) is 1. The van der Waals surface area contributed by atoms with E-state index in [1.165, 1.54) is 5.56 Å². The first-order chi connectivity index (χ1) is 12.7. The molecule has 0 heterocycles. The predicted octanol–water partition coefficient (Wildman–Crippen LogP) is 4.99. The van der Waals surface area contributed by atoms with E-state index in [2.05, 4.69) is 6.92 Å². The van der Waals surface area contributed by atoms with Gasteiger partial charge in [-0.15, -0.1) is 0 Å². The molecule has 0 aliphatic carbocycles. The maximum Gasteiger partial charge on any atom is 0.345 e. The lowest BCUT2D eigenvalue weighted by Crippen LogP contribution is -2.29.